The lowest BCUT2D eigenvalue weighted by Crippen LogP contribution is -2.18. The molecule has 0 unspecified atom stereocenters. The third-order valence-electron chi connectivity index (χ3n) is 2.12. The maximum atomic E-state index is 11.6. The van der Waals surface area contributed by atoms with Crippen molar-refractivity contribution in [2.75, 3.05) is 13.6 Å². The first-order valence-corrected chi connectivity index (χ1v) is 4.47. The van der Waals surface area contributed by atoms with Crippen molar-refractivity contribution in [2.24, 2.45) is 0 Å². The average Bonchev–Trinajstić information content (AvgIpc) is 2.61. The fourth-order valence-corrected chi connectivity index (χ4v) is 1.45. The van der Waals surface area contributed by atoms with Crippen LogP contribution in [0.15, 0.2) is 34.9 Å². The van der Waals surface area contributed by atoms with E-state index in [-0.39, 0.29) is 5.78 Å². The Hall–Kier alpha value is -1.61. The number of rotatable bonds is 3. The second kappa shape index (κ2) is 3.64. The van der Waals surface area contributed by atoms with Gasteiger partial charge in [-0.15, -0.1) is 0 Å². The smallest absolute Gasteiger partial charge is 0.180 e. The molecular weight excluding hydrogens is 178 g/mol. The van der Waals surface area contributed by atoms with Crippen molar-refractivity contribution in [3.63, 3.8) is 0 Å². The molecule has 0 atom stereocenters. The summed E-state index contributed by atoms with van der Waals surface area (Å²) in [6.45, 7) is 0.337. The number of carbonyl (C=O) groups is 1. The molecule has 1 aromatic carbocycles. The van der Waals surface area contributed by atoms with Crippen LogP contribution in [-0.2, 0) is 0 Å². The van der Waals surface area contributed by atoms with Gasteiger partial charge in [-0.3, -0.25) is 4.79 Å². The normalized spacial score (nSPS) is 10.6. The van der Waals surface area contributed by atoms with Gasteiger partial charge in [-0.1, -0.05) is 18.2 Å². The highest BCUT2D eigenvalue weighted by molar-refractivity contribution is 6.07. The maximum absolute atomic E-state index is 11.6. The molecule has 14 heavy (non-hydrogen) atoms. The molecular formula is C11H11NO2. The van der Waals surface area contributed by atoms with Gasteiger partial charge in [-0.05, 0) is 13.1 Å². The van der Waals surface area contributed by atoms with Crippen LogP contribution in [0.25, 0.3) is 11.0 Å². The molecule has 3 heteroatoms. The van der Waals surface area contributed by atoms with Crippen LogP contribution in [0.3, 0.4) is 0 Å². The number of ketones is 1. The number of hydrogen-bond donors (Lipinski definition) is 1. The zero-order valence-electron chi connectivity index (χ0n) is 7.91. The molecule has 2 aromatic rings. The van der Waals surface area contributed by atoms with Crippen LogP contribution in [0.4, 0.5) is 0 Å². The van der Waals surface area contributed by atoms with Crippen molar-refractivity contribution in [1.29, 1.82) is 0 Å². The predicted molar refractivity (Wildman–Crippen MR) is 54.5 cm³/mol. The van der Waals surface area contributed by atoms with E-state index >= 15 is 0 Å². The Morgan fingerprint density at radius 3 is 3.00 bits per heavy atom. The molecule has 0 aliphatic rings. The molecule has 1 aromatic heterocycles. The topological polar surface area (TPSA) is 42.2 Å². The molecule has 0 amide bonds. The standard InChI is InChI=1S/C11H11NO2/c1-12-6-10(13)9-7-14-11-5-3-2-4-8(9)11/h2-5,7,12H,6H2,1H3. The summed E-state index contributed by atoms with van der Waals surface area (Å²) in [5.41, 5.74) is 1.40. The van der Waals surface area contributed by atoms with E-state index in [1.54, 1.807) is 7.05 Å². The maximum Gasteiger partial charge on any atom is 0.180 e. The number of benzene rings is 1. The van der Waals surface area contributed by atoms with Crippen molar-refractivity contribution >= 4 is 16.8 Å². The van der Waals surface area contributed by atoms with E-state index in [1.165, 1.54) is 6.26 Å². The zero-order chi connectivity index (χ0) is 9.97. The number of carbonyl (C=O) groups excluding carboxylic acids is 1. The van der Waals surface area contributed by atoms with Crippen molar-refractivity contribution < 1.29 is 9.21 Å². The fraction of sp³-hybridized carbons (Fsp3) is 0.182. The summed E-state index contributed by atoms with van der Waals surface area (Å²) in [4.78, 5) is 11.6. The van der Waals surface area contributed by atoms with E-state index in [1.807, 2.05) is 24.3 Å². The van der Waals surface area contributed by atoms with Gasteiger partial charge in [0.2, 0.25) is 0 Å². The molecule has 0 radical (unpaired) electrons. The summed E-state index contributed by atoms with van der Waals surface area (Å²) in [5, 5.41) is 3.71. The van der Waals surface area contributed by atoms with E-state index in [0.717, 1.165) is 11.0 Å². The first kappa shape index (κ1) is 8.97. The first-order valence-electron chi connectivity index (χ1n) is 4.47. The summed E-state index contributed by atoms with van der Waals surface area (Å²) in [5.74, 6) is 0.0532. The SMILES string of the molecule is CNCC(=O)c1coc2ccccc12. The predicted octanol–water partition coefficient (Wildman–Crippen LogP) is 1.83. The molecule has 0 saturated heterocycles. The van der Waals surface area contributed by atoms with E-state index < -0.39 is 0 Å². The lowest BCUT2D eigenvalue weighted by molar-refractivity contribution is 0.0994. The Balaban J connectivity index is 2.47. The number of furan rings is 1. The van der Waals surface area contributed by atoms with Crippen LogP contribution in [0.1, 0.15) is 10.4 Å². The van der Waals surface area contributed by atoms with Gasteiger partial charge in [-0.2, -0.15) is 0 Å². The van der Waals surface area contributed by atoms with Gasteiger partial charge in [0, 0.05) is 5.39 Å². The van der Waals surface area contributed by atoms with Crippen molar-refractivity contribution in [2.45, 2.75) is 0 Å². The van der Waals surface area contributed by atoms with Crippen LogP contribution in [-0.4, -0.2) is 19.4 Å². The molecule has 0 aliphatic carbocycles. The van der Waals surface area contributed by atoms with E-state index in [4.69, 9.17) is 4.42 Å². The molecule has 2 rings (SSSR count). The largest absolute Gasteiger partial charge is 0.464 e. The molecule has 0 spiro atoms. The van der Waals surface area contributed by atoms with E-state index in [2.05, 4.69) is 5.32 Å². The molecule has 3 nitrogen and oxygen atoms in total. The highest BCUT2D eigenvalue weighted by Crippen LogP contribution is 2.20. The second-order valence-corrected chi connectivity index (χ2v) is 3.10. The Kier molecular flexibility index (Phi) is 2.33. The van der Waals surface area contributed by atoms with Gasteiger partial charge >= 0.3 is 0 Å². The summed E-state index contributed by atoms with van der Waals surface area (Å²) in [6, 6.07) is 7.53. The zero-order valence-corrected chi connectivity index (χ0v) is 7.91. The molecule has 0 bridgehead atoms. The number of likely N-dealkylation sites (N-methyl/N-ethyl adjacent to an activating group) is 1. The Morgan fingerprint density at radius 1 is 1.43 bits per heavy atom. The lowest BCUT2D eigenvalue weighted by Gasteiger charge is -1.95. The molecule has 1 heterocycles. The van der Waals surface area contributed by atoms with Gasteiger partial charge in [-0.25, -0.2) is 0 Å². The minimum absolute atomic E-state index is 0.0532. The van der Waals surface area contributed by atoms with Gasteiger partial charge < -0.3 is 9.73 Å². The van der Waals surface area contributed by atoms with Crippen LogP contribution in [0, 0.1) is 0 Å². The summed E-state index contributed by atoms with van der Waals surface area (Å²) in [6.07, 6.45) is 1.52. The van der Waals surface area contributed by atoms with Crippen LogP contribution < -0.4 is 5.32 Å². The molecule has 0 aliphatic heterocycles. The lowest BCUT2D eigenvalue weighted by atomic mass is 10.1. The third-order valence-corrected chi connectivity index (χ3v) is 2.12. The Labute approximate surface area is 81.7 Å². The fourth-order valence-electron chi connectivity index (χ4n) is 1.45. The molecule has 0 fully saturated rings. The second-order valence-electron chi connectivity index (χ2n) is 3.10. The van der Waals surface area contributed by atoms with Crippen molar-refractivity contribution in [3.8, 4) is 0 Å². The number of Topliss-reactive ketones (excluding diaryl/α,β-unsaturated/α-hetero) is 1. The van der Waals surface area contributed by atoms with Crippen LogP contribution in [0.5, 0.6) is 0 Å². The summed E-state index contributed by atoms with van der Waals surface area (Å²) in [7, 11) is 1.75. The number of fused-ring (bicyclic) bond motifs is 1. The Bertz CT molecular complexity index is 459. The first-order chi connectivity index (χ1) is 6.83. The third kappa shape index (κ3) is 1.42. The van der Waals surface area contributed by atoms with Crippen molar-refractivity contribution in [1.82, 2.24) is 5.32 Å². The number of hydrogen-bond acceptors (Lipinski definition) is 3. The molecule has 1 N–H and O–H groups in total. The van der Waals surface area contributed by atoms with Gasteiger partial charge in [0.1, 0.15) is 11.8 Å². The minimum Gasteiger partial charge on any atom is -0.464 e. The van der Waals surface area contributed by atoms with Crippen molar-refractivity contribution in [3.05, 3.63) is 36.1 Å². The monoisotopic (exact) mass is 189 g/mol. The summed E-state index contributed by atoms with van der Waals surface area (Å²) < 4.78 is 5.27. The number of para-hydroxylation sites is 1. The van der Waals surface area contributed by atoms with Gasteiger partial charge in [0.25, 0.3) is 0 Å². The number of nitrogens with one attached hydrogen (secondary N) is 1. The van der Waals surface area contributed by atoms with Crippen LogP contribution in [0.2, 0.25) is 0 Å². The Morgan fingerprint density at radius 2 is 2.21 bits per heavy atom. The highest BCUT2D eigenvalue weighted by Gasteiger charge is 2.11. The quantitative estimate of drug-likeness (QED) is 0.749. The highest BCUT2D eigenvalue weighted by atomic mass is 16.3. The summed E-state index contributed by atoms with van der Waals surface area (Å²) >= 11 is 0. The molecule has 0 saturated carbocycles. The van der Waals surface area contributed by atoms with Crippen LogP contribution >= 0.6 is 0 Å². The average molecular weight is 189 g/mol. The van der Waals surface area contributed by atoms with Gasteiger partial charge in [0.05, 0.1) is 12.1 Å². The minimum atomic E-state index is 0.0532. The van der Waals surface area contributed by atoms with Gasteiger partial charge in [0.15, 0.2) is 5.78 Å². The van der Waals surface area contributed by atoms with E-state index in [9.17, 15) is 4.79 Å². The molecule has 72 valence electrons. The van der Waals surface area contributed by atoms with E-state index in [0.29, 0.717) is 12.1 Å².